The van der Waals surface area contributed by atoms with Crippen molar-refractivity contribution >= 4 is 22.6 Å². The summed E-state index contributed by atoms with van der Waals surface area (Å²) >= 11 is 0. The number of halogens is 1. The molecule has 1 fully saturated rings. The Labute approximate surface area is 175 Å². The molecule has 2 aromatic carbocycles. The van der Waals surface area contributed by atoms with E-state index in [1.54, 1.807) is 24.0 Å². The van der Waals surface area contributed by atoms with Crippen LogP contribution in [0, 0.1) is 32.5 Å². The number of aryl methyl sites for hydroxylation is 3. The first-order chi connectivity index (χ1) is 14.3. The van der Waals surface area contributed by atoms with E-state index in [-0.39, 0.29) is 23.4 Å². The minimum absolute atomic E-state index is 0.0609. The summed E-state index contributed by atoms with van der Waals surface area (Å²) in [6, 6.07) is 12.1. The number of amides is 1. The zero-order valence-electron chi connectivity index (χ0n) is 17.5. The Morgan fingerprint density at radius 1 is 0.967 bits per heavy atom. The number of fused-ring (bicyclic) bond motifs is 1. The topological polar surface area (TPSA) is 50.3 Å². The van der Waals surface area contributed by atoms with Gasteiger partial charge in [-0.15, -0.1) is 0 Å². The number of likely N-dealkylation sites (tertiary alicyclic amines) is 1. The highest BCUT2D eigenvalue weighted by Crippen LogP contribution is 2.26. The van der Waals surface area contributed by atoms with Gasteiger partial charge in [0.05, 0.1) is 16.8 Å². The summed E-state index contributed by atoms with van der Waals surface area (Å²) in [5.41, 5.74) is 4.60. The Morgan fingerprint density at radius 2 is 1.70 bits per heavy atom. The minimum Gasteiger partial charge on any atom is -0.339 e. The third kappa shape index (κ3) is 3.84. The molecule has 0 saturated carbocycles. The number of aromatic nitrogens is 1. The van der Waals surface area contributed by atoms with Crippen molar-refractivity contribution in [3.05, 3.63) is 76.2 Å². The average Bonchev–Trinajstić information content (AvgIpc) is 2.72. The van der Waals surface area contributed by atoms with Crippen LogP contribution in [0.2, 0.25) is 0 Å². The largest absolute Gasteiger partial charge is 0.339 e. The number of Topliss-reactive ketones (excluding diaryl/α,β-unsaturated/α-hetero) is 1. The molecule has 154 valence electrons. The molecule has 5 heteroatoms. The molecule has 30 heavy (non-hydrogen) atoms. The number of hydrogen-bond acceptors (Lipinski definition) is 3. The van der Waals surface area contributed by atoms with Crippen LogP contribution in [0.25, 0.3) is 10.9 Å². The zero-order valence-corrected chi connectivity index (χ0v) is 17.5. The van der Waals surface area contributed by atoms with Crippen molar-refractivity contribution in [2.75, 3.05) is 13.1 Å². The van der Waals surface area contributed by atoms with Gasteiger partial charge in [0.25, 0.3) is 5.91 Å². The van der Waals surface area contributed by atoms with Gasteiger partial charge in [0, 0.05) is 36.0 Å². The third-order valence-corrected chi connectivity index (χ3v) is 6.00. The molecule has 3 aromatic rings. The van der Waals surface area contributed by atoms with Crippen LogP contribution in [0.5, 0.6) is 0 Å². The van der Waals surface area contributed by atoms with Crippen LogP contribution in [0.1, 0.15) is 50.4 Å². The second kappa shape index (κ2) is 7.98. The summed E-state index contributed by atoms with van der Waals surface area (Å²) in [5.74, 6) is -0.313. The van der Waals surface area contributed by atoms with Gasteiger partial charge >= 0.3 is 0 Å². The molecule has 0 N–H and O–H groups in total. The number of carbonyl (C=O) groups excluding carboxylic acids is 2. The molecule has 0 radical (unpaired) electrons. The smallest absolute Gasteiger partial charge is 0.255 e. The van der Waals surface area contributed by atoms with Crippen LogP contribution < -0.4 is 0 Å². The van der Waals surface area contributed by atoms with E-state index in [0.717, 1.165) is 22.1 Å². The predicted molar refractivity (Wildman–Crippen MR) is 115 cm³/mol. The molecule has 4 rings (SSSR count). The average molecular weight is 404 g/mol. The van der Waals surface area contributed by atoms with Gasteiger partial charge in [0.1, 0.15) is 5.82 Å². The van der Waals surface area contributed by atoms with E-state index in [1.807, 2.05) is 32.0 Å². The summed E-state index contributed by atoms with van der Waals surface area (Å²) in [5, 5.41) is 0.741. The van der Waals surface area contributed by atoms with Crippen molar-refractivity contribution in [1.29, 1.82) is 0 Å². The van der Waals surface area contributed by atoms with Crippen LogP contribution in [0.15, 0.2) is 42.5 Å². The minimum atomic E-state index is -0.343. The Hall–Kier alpha value is -3.08. The van der Waals surface area contributed by atoms with E-state index in [1.165, 1.54) is 12.1 Å². The number of pyridine rings is 1. The molecule has 0 atom stereocenters. The van der Waals surface area contributed by atoms with Gasteiger partial charge < -0.3 is 4.90 Å². The van der Waals surface area contributed by atoms with Crippen LogP contribution >= 0.6 is 0 Å². The fourth-order valence-electron chi connectivity index (χ4n) is 4.28. The lowest BCUT2D eigenvalue weighted by Crippen LogP contribution is -2.40. The molecule has 1 aliphatic rings. The maximum atomic E-state index is 13.4. The van der Waals surface area contributed by atoms with E-state index in [0.29, 0.717) is 42.7 Å². The zero-order chi connectivity index (χ0) is 21.4. The van der Waals surface area contributed by atoms with Gasteiger partial charge in [-0.25, -0.2) is 4.39 Å². The van der Waals surface area contributed by atoms with Crippen molar-refractivity contribution < 1.29 is 14.0 Å². The van der Waals surface area contributed by atoms with Crippen LogP contribution in [-0.2, 0) is 0 Å². The quantitative estimate of drug-likeness (QED) is 0.575. The normalized spacial score (nSPS) is 14.9. The molecule has 1 aliphatic heterocycles. The Kier molecular flexibility index (Phi) is 5.37. The van der Waals surface area contributed by atoms with Crippen LogP contribution in [-0.4, -0.2) is 34.7 Å². The molecule has 0 bridgehead atoms. The third-order valence-electron chi connectivity index (χ3n) is 6.00. The lowest BCUT2D eigenvalue weighted by atomic mass is 9.86. The molecule has 2 heterocycles. The molecule has 0 unspecified atom stereocenters. The number of carbonyl (C=O) groups is 2. The number of benzene rings is 2. The highest BCUT2D eigenvalue weighted by Gasteiger charge is 2.29. The lowest BCUT2D eigenvalue weighted by molar-refractivity contribution is 0.0649. The van der Waals surface area contributed by atoms with Crippen LogP contribution in [0.4, 0.5) is 4.39 Å². The SMILES string of the molecule is Cc1ccc(C(=O)C2CCN(C(=O)c3cc4ccc(F)cc4nc3C)CC2)c(C)c1. The van der Waals surface area contributed by atoms with E-state index < -0.39 is 0 Å². The Morgan fingerprint density at radius 3 is 2.40 bits per heavy atom. The van der Waals surface area contributed by atoms with E-state index in [9.17, 15) is 14.0 Å². The van der Waals surface area contributed by atoms with Crippen molar-refractivity contribution in [1.82, 2.24) is 9.88 Å². The molecule has 1 amide bonds. The first kappa shape index (κ1) is 20.2. The maximum absolute atomic E-state index is 13.4. The summed E-state index contributed by atoms with van der Waals surface area (Å²) in [4.78, 5) is 32.3. The first-order valence-corrected chi connectivity index (χ1v) is 10.3. The lowest BCUT2D eigenvalue weighted by Gasteiger charge is -2.32. The van der Waals surface area contributed by atoms with E-state index in [2.05, 4.69) is 4.98 Å². The molecule has 1 aromatic heterocycles. The fraction of sp³-hybridized carbons (Fsp3) is 0.320. The summed E-state index contributed by atoms with van der Waals surface area (Å²) in [6.45, 7) is 6.85. The van der Waals surface area contributed by atoms with Gasteiger partial charge in [0.15, 0.2) is 5.78 Å². The molecular weight excluding hydrogens is 379 g/mol. The van der Waals surface area contributed by atoms with Crippen LogP contribution in [0.3, 0.4) is 0 Å². The number of nitrogens with zero attached hydrogens (tertiary/aromatic N) is 2. The second-order valence-corrected chi connectivity index (χ2v) is 8.21. The Bertz CT molecular complexity index is 1150. The van der Waals surface area contributed by atoms with Crippen molar-refractivity contribution in [3.8, 4) is 0 Å². The molecule has 4 nitrogen and oxygen atoms in total. The highest BCUT2D eigenvalue weighted by molar-refractivity contribution is 6.00. The van der Waals surface area contributed by atoms with Gasteiger partial charge in [-0.2, -0.15) is 0 Å². The highest BCUT2D eigenvalue weighted by atomic mass is 19.1. The number of ketones is 1. The molecule has 1 saturated heterocycles. The van der Waals surface area contributed by atoms with Gasteiger partial charge in [-0.3, -0.25) is 14.6 Å². The fourth-order valence-corrected chi connectivity index (χ4v) is 4.28. The maximum Gasteiger partial charge on any atom is 0.255 e. The summed E-state index contributed by atoms with van der Waals surface area (Å²) < 4.78 is 13.4. The molecular formula is C25H25FN2O2. The second-order valence-electron chi connectivity index (χ2n) is 8.21. The number of rotatable bonds is 3. The summed E-state index contributed by atoms with van der Waals surface area (Å²) in [6.07, 6.45) is 1.31. The monoisotopic (exact) mass is 404 g/mol. The van der Waals surface area contributed by atoms with Crippen molar-refractivity contribution in [2.45, 2.75) is 33.6 Å². The van der Waals surface area contributed by atoms with Gasteiger partial charge in [-0.1, -0.05) is 23.8 Å². The van der Waals surface area contributed by atoms with E-state index >= 15 is 0 Å². The Balaban J connectivity index is 1.48. The van der Waals surface area contributed by atoms with Gasteiger partial charge in [0.2, 0.25) is 0 Å². The number of hydrogen-bond donors (Lipinski definition) is 0. The predicted octanol–water partition coefficient (Wildman–Crippen LogP) is 5.03. The van der Waals surface area contributed by atoms with Gasteiger partial charge in [-0.05, 0) is 57.4 Å². The number of piperidine rings is 1. The van der Waals surface area contributed by atoms with Crippen molar-refractivity contribution in [2.24, 2.45) is 5.92 Å². The van der Waals surface area contributed by atoms with E-state index in [4.69, 9.17) is 0 Å². The molecule has 0 spiro atoms. The van der Waals surface area contributed by atoms with Crippen molar-refractivity contribution in [3.63, 3.8) is 0 Å². The first-order valence-electron chi connectivity index (χ1n) is 10.3. The molecule has 0 aliphatic carbocycles. The summed E-state index contributed by atoms with van der Waals surface area (Å²) in [7, 11) is 0. The standard InChI is InChI=1S/C25H25FN2O2/c1-15-4-7-21(16(2)12-15)24(29)18-8-10-28(11-9-18)25(30)22-13-19-5-6-20(26)14-23(19)27-17(22)3/h4-7,12-14,18H,8-11H2,1-3H3.